The van der Waals surface area contributed by atoms with Gasteiger partial charge in [0.1, 0.15) is 7.05 Å². The van der Waals surface area contributed by atoms with Gasteiger partial charge in [-0.15, -0.1) is 0 Å². The Kier molecular flexibility index (Phi) is 5.76. The van der Waals surface area contributed by atoms with Crippen LogP contribution in [0.5, 0.6) is 0 Å². The Bertz CT molecular complexity index is 845. The Morgan fingerprint density at radius 2 is 1.64 bits per heavy atom. The highest BCUT2D eigenvalue weighted by molar-refractivity contribution is 5.63. The summed E-state index contributed by atoms with van der Waals surface area (Å²) in [5.74, 6) is 0.523. The van der Waals surface area contributed by atoms with Gasteiger partial charge in [-0.05, 0) is 59.3 Å². The first kappa shape index (κ1) is 21.1. The highest BCUT2D eigenvalue weighted by Crippen LogP contribution is 2.40. The molecule has 1 aliphatic rings. The zero-order valence-corrected chi connectivity index (χ0v) is 19.4. The number of aryl methyl sites for hydroxylation is 2. The van der Waals surface area contributed by atoms with Crippen molar-refractivity contribution in [3.63, 3.8) is 0 Å². The highest BCUT2D eigenvalue weighted by Gasteiger charge is 2.30. The molecule has 1 saturated carbocycles. The van der Waals surface area contributed by atoms with Crippen molar-refractivity contribution in [3.8, 4) is 11.3 Å². The Balaban J connectivity index is 2.07. The van der Waals surface area contributed by atoms with Crippen molar-refractivity contribution in [1.82, 2.24) is 0 Å². The van der Waals surface area contributed by atoms with Crippen LogP contribution in [-0.4, -0.2) is 0 Å². The molecule has 0 saturated heterocycles. The van der Waals surface area contributed by atoms with Crippen molar-refractivity contribution < 1.29 is 4.57 Å². The summed E-state index contributed by atoms with van der Waals surface area (Å²) in [6, 6.07) is 9.68. The van der Waals surface area contributed by atoms with Crippen LogP contribution in [0.25, 0.3) is 11.3 Å². The maximum atomic E-state index is 2.47. The van der Waals surface area contributed by atoms with Crippen LogP contribution in [0.1, 0.15) is 102 Å². The molecule has 0 atom stereocenters. The SMILES string of the molecule is Cc1cc(C2(C)CCCCC2)ccc1-c1cc(C(C)C)c(C(C)(C)C)c[n+]1C. The molecule has 0 radical (unpaired) electrons. The zero-order chi connectivity index (χ0) is 20.7. The van der Waals surface area contributed by atoms with Gasteiger partial charge in [-0.1, -0.05) is 72.9 Å². The van der Waals surface area contributed by atoms with Crippen molar-refractivity contribution in [1.29, 1.82) is 0 Å². The number of hydrogen-bond acceptors (Lipinski definition) is 0. The number of pyridine rings is 1. The number of aromatic nitrogens is 1. The van der Waals surface area contributed by atoms with Crippen LogP contribution in [0.15, 0.2) is 30.5 Å². The van der Waals surface area contributed by atoms with Crippen molar-refractivity contribution in [2.75, 3.05) is 0 Å². The maximum Gasteiger partial charge on any atom is 0.212 e. The first-order valence-electron chi connectivity index (χ1n) is 11.2. The van der Waals surface area contributed by atoms with E-state index in [0.717, 1.165) is 0 Å². The van der Waals surface area contributed by atoms with E-state index in [1.165, 1.54) is 65.6 Å². The second-order valence-corrected chi connectivity index (χ2v) is 10.7. The van der Waals surface area contributed by atoms with E-state index in [-0.39, 0.29) is 5.41 Å². The third kappa shape index (κ3) is 4.04. The minimum Gasteiger partial charge on any atom is -0.201 e. The summed E-state index contributed by atoms with van der Waals surface area (Å²) >= 11 is 0. The van der Waals surface area contributed by atoms with E-state index < -0.39 is 0 Å². The van der Waals surface area contributed by atoms with Crippen LogP contribution < -0.4 is 4.57 Å². The fourth-order valence-electron chi connectivity index (χ4n) is 4.98. The monoisotopic (exact) mass is 378 g/mol. The zero-order valence-electron chi connectivity index (χ0n) is 19.4. The van der Waals surface area contributed by atoms with Crippen LogP contribution in [-0.2, 0) is 17.9 Å². The molecule has 0 unspecified atom stereocenters. The number of rotatable bonds is 3. The van der Waals surface area contributed by atoms with Crippen molar-refractivity contribution in [3.05, 3.63) is 52.7 Å². The molecule has 1 heteroatoms. The lowest BCUT2D eigenvalue weighted by Crippen LogP contribution is -2.34. The molecule has 1 nitrogen and oxygen atoms in total. The first-order chi connectivity index (χ1) is 13.0. The molecule has 0 amide bonds. The summed E-state index contributed by atoms with van der Waals surface area (Å²) in [7, 11) is 2.20. The third-order valence-corrected chi connectivity index (χ3v) is 6.89. The third-order valence-electron chi connectivity index (χ3n) is 6.89. The molecule has 3 rings (SSSR count). The summed E-state index contributed by atoms with van der Waals surface area (Å²) < 4.78 is 2.33. The molecule has 0 N–H and O–H groups in total. The second kappa shape index (κ2) is 7.65. The Hall–Kier alpha value is -1.63. The average Bonchev–Trinajstić information content (AvgIpc) is 2.61. The minimum absolute atomic E-state index is 0.157. The lowest BCUT2D eigenvalue weighted by Gasteiger charge is -2.34. The van der Waals surface area contributed by atoms with Gasteiger partial charge in [-0.2, -0.15) is 0 Å². The van der Waals surface area contributed by atoms with E-state index in [4.69, 9.17) is 0 Å². The summed E-state index contributed by atoms with van der Waals surface area (Å²) in [5, 5.41) is 0. The molecule has 0 aliphatic heterocycles. The molecule has 1 heterocycles. The van der Waals surface area contributed by atoms with Gasteiger partial charge < -0.3 is 0 Å². The van der Waals surface area contributed by atoms with Gasteiger partial charge in [-0.3, -0.25) is 0 Å². The van der Waals surface area contributed by atoms with Gasteiger partial charge in [0.2, 0.25) is 5.69 Å². The summed E-state index contributed by atoms with van der Waals surface area (Å²) in [4.78, 5) is 0. The average molecular weight is 379 g/mol. The Morgan fingerprint density at radius 3 is 2.18 bits per heavy atom. The Morgan fingerprint density at radius 1 is 1.00 bits per heavy atom. The lowest BCUT2D eigenvalue weighted by atomic mass is 9.70. The van der Waals surface area contributed by atoms with Crippen molar-refractivity contribution in [2.24, 2.45) is 7.05 Å². The molecule has 1 aromatic heterocycles. The molecule has 0 spiro atoms. The van der Waals surface area contributed by atoms with Gasteiger partial charge in [0.25, 0.3) is 0 Å². The molecule has 1 fully saturated rings. The maximum absolute atomic E-state index is 2.47. The topological polar surface area (TPSA) is 3.88 Å². The van der Waals surface area contributed by atoms with Gasteiger partial charge in [0.15, 0.2) is 6.20 Å². The van der Waals surface area contributed by atoms with E-state index in [0.29, 0.717) is 11.3 Å². The predicted molar refractivity (Wildman–Crippen MR) is 121 cm³/mol. The smallest absolute Gasteiger partial charge is 0.201 e. The summed E-state index contributed by atoms with van der Waals surface area (Å²) in [5.41, 5.74) is 9.08. The molecule has 0 bridgehead atoms. The first-order valence-corrected chi connectivity index (χ1v) is 11.2. The normalized spacial score (nSPS) is 17.2. The minimum atomic E-state index is 0.157. The largest absolute Gasteiger partial charge is 0.212 e. The molecule has 1 aromatic carbocycles. The van der Waals surface area contributed by atoms with Gasteiger partial charge in [0.05, 0.1) is 0 Å². The van der Waals surface area contributed by atoms with Crippen molar-refractivity contribution in [2.45, 2.75) is 97.3 Å². The summed E-state index contributed by atoms with van der Waals surface area (Å²) in [6.45, 7) is 16.3. The predicted octanol–water partition coefficient (Wildman–Crippen LogP) is 7.13. The standard InChI is InChI=1S/C27H40N/c1-19(2)23-17-25(28(8)18-24(23)26(4,5)6)22-13-12-21(16-20(22)3)27(7)14-10-9-11-15-27/h12-13,16-19H,9-11,14-15H2,1-8H3/q+1. The molecular weight excluding hydrogens is 338 g/mol. The Labute approximate surface area is 173 Å². The number of nitrogens with zero attached hydrogens (tertiary/aromatic N) is 1. The quantitative estimate of drug-likeness (QED) is 0.500. The van der Waals surface area contributed by atoms with Gasteiger partial charge in [0, 0.05) is 17.2 Å². The van der Waals surface area contributed by atoms with Gasteiger partial charge >= 0.3 is 0 Å². The molecule has 152 valence electrons. The fraction of sp³-hybridized carbons (Fsp3) is 0.593. The van der Waals surface area contributed by atoms with Crippen LogP contribution in [0, 0.1) is 6.92 Å². The molecule has 2 aromatic rings. The van der Waals surface area contributed by atoms with Crippen LogP contribution in [0.3, 0.4) is 0 Å². The van der Waals surface area contributed by atoms with Crippen LogP contribution in [0.4, 0.5) is 0 Å². The lowest BCUT2D eigenvalue weighted by molar-refractivity contribution is -0.661. The van der Waals surface area contributed by atoms with E-state index >= 15 is 0 Å². The highest BCUT2D eigenvalue weighted by atomic mass is 14.9. The summed E-state index contributed by atoms with van der Waals surface area (Å²) in [6.07, 6.45) is 9.17. The second-order valence-electron chi connectivity index (χ2n) is 10.7. The van der Waals surface area contributed by atoms with Crippen molar-refractivity contribution >= 4 is 0 Å². The van der Waals surface area contributed by atoms with E-state index in [2.05, 4.69) is 90.5 Å². The fourth-order valence-corrected chi connectivity index (χ4v) is 4.98. The number of hydrogen-bond donors (Lipinski definition) is 0. The molecule has 28 heavy (non-hydrogen) atoms. The van der Waals surface area contributed by atoms with E-state index in [9.17, 15) is 0 Å². The van der Waals surface area contributed by atoms with E-state index in [1.54, 1.807) is 0 Å². The van der Waals surface area contributed by atoms with Crippen LogP contribution >= 0.6 is 0 Å². The molecular formula is C27H40N+. The van der Waals surface area contributed by atoms with E-state index in [1.807, 2.05) is 0 Å². The van der Waals surface area contributed by atoms with Gasteiger partial charge in [-0.25, -0.2) is 4.57 Å². The number of benzene rings is 1. The molecule has 1 aliphatic carbocycles. The van der Waals surface area contributed by atoms with Crippen LogP contribution in [0.2, 0.25) is 0 Å².